The highest BCUT2D eigenvalue weighted by Gasteiger charge is 2.25. The Morgan fingerprint density at radius 3 is 2.26 bits per heavy atom. The molecular formula is C26H27ClN8O3. The first-order chi connectivity index (χ1) is 18.5. The number of hydrogen-bond acceptors (Lipinski definition) is 9. The van der Waals surface area contributed by atoms with E-state index >= 15 is 0 Å². The minimum absolute atomic E-state index is 0.191. The van der Waals surface area contributed by atoms with Gasteiger partial charge in [0.2, 0.25) is 5.95 Å². The Balaban J connectivity index is 1.27. The maximum absolute atomic E-state index is 13.2. The fourth-order valence-corrected chi connectivity index (χ4v) is 4.53. The van der Waals surface area contributed by atoms with E-state index in [1.54, 1.807) is 50.0 Å². The lowest BCUT2D eigenvalue weighted by molar-refractivity contribution is 0.0911. The van der Waals surface area contributed by atoms with Crippen LogP contribution in [-0.4, -0.2) is 68.4 Å². The van der Waals surface area contributed by atoms with Crippen molar-refractivity contribution in [1.82, 2.24) is 29.3 Å². The number of benzene rings is 1. The molecule has 1 unspecified atom stereocenters. The fourth-order valence-electron chi connectivity index (χ4n) is 4.40. The number of ether oxygens (including phenoxy) is 1. The van der Waals surface area contributed by atoms with Crippen molar-refractivity contribution in [3.8, 4) is 11.4 Å². The van der Waals surface area contributed by atoms with E-state index in [2.05, 4.69) is 29.9 Å². The smallest absolute Gasteiger partial charge is 0.351 e. The molecule has 11 nitrogen and oxygen atoms in total. The topological polar surface area (TPSA) is 111 Å². The molecule has 4 aromatic rings. The predicted octanol–water partition coefficient (Wildman–Crippen LogP) is 3.04. The summed E-state index contributed by atoms with van der Waals surface area (Å²) in [5.74, 6) is 1.92. The number of pyridine rings is 1. The number of nitrogens with zero attached hydrogens (tertiary/aromatic N) is 8. The lowest BCUT2D eigenvalue weighted by Gasteiger charge is -2.35. The maximum Gasteiger partial charge on any atom is 0.351 e. The molecule has 4 heterocycles. The van der Waals surface area contributed by atoms with E-state index in [1.807, 2.05) is 19.1 Å². The molecule has 196 valence electrons. The Labute approximate surface area is 224 Å². The first-order valence-corrected chi connectivity index (χ1v) is 12.6. The summed E-state index contributed by atoms with van der Waals surface area (Å²) in [5, 5.41) is 4.79. The van der Waals surface area contributed by atoms with Crippen molar-refractivity contribution in [2.45, 2.75) is 19.4 Å². The summed E-state index contributed by atoms with van der Waals surface area (Å²) in [6.45, 7) is 4.86. The van der Waals surface area contributed by atoms with Gasteiger partial charge >= 0.3 is 5.69 Å². The van der Waals surface area contributed by atoms with Crippen LogP contribution >= 0.6 is 11.6 Å². The molecule has 1 atom stereocenters. The van der Waals surface area contributed by atoms with Gasteiger partial charge in [-0.25, -0.2) is 29.0 Å². The van der Waals surface area contributed by atoms with Gasteiger partial charge < -0.3 is 14.5 Å². The van der Waals surface area contributed by atoms with Gasteiger partial charge in [-0.05, 0) is 42.8 Å². The van der Waals surface area contributed by atoms with Crippen molar-refractivity contribution in [2.24, 2.45) is 0 Å². The molecule has 1 aromatic carbocycles. The Kier molecular flexibility index (Phi) is 7.36. The molecule has 0 amide bonds. The van der Waals surface area contributed by atoms with Crippen molar-refractivity contribution in [3.63, 3.8) is 0 Å². The molecule has 0 bridgehead atoms. The van der Waals surface area contributed by atoms with Gasteiger partial charge in [0.1, 0.15) is 18.2 Å². The number of carbonyl (C=O) groups is 1. The monoisotopic (exact) mass is 534 g/mol. The summed E-state index contributed by atoms with van der Waals surface area (Å²) in [4.78, 5) is 43.9. The number of halogens is 1. The minimum Gasteiger partial charge on any atom is -0.494 e. The van der Waals surface area contributed by atoms with Gasteiger partial charge in [-0.3, -0.25) is 4.79 Å². The molecular weight excluding hydrogens is 508 g/mol. The lowest BCUT2D eigenvalue weighted by Crippen LogP contribution is -2.47. The van der Waals surface area contributed by atoms with E-state index in [9.17, 15) is 9.59 Å². The van der Waals surface area contributed by atoms with E-state index in [4.69, 9.17) is 16.3 Å². The number of carbonyl (C=O) groups excluding carboxylic acids is 1. The third-order valence-corrected chi connectivity index (χ3v) is 6.81. The molecule has 1 aliphatic rings. The molecule has 0 aliphatic carbocycles. The molecule has 38 heavy (non-hydrogen) atoms. The van der Waals surface area contributed by atoms with Gasteiger partial charge in [-0.2, -0.15) is 5.10 Å². The summed E-state index contributed by atoms with van der Waals surface area (Å²) in [6.07, 6.45) is 6.81. The van der Waals surface area contributed by atoms with Crippen molar-refractivity contribution in [1.29, 1.82) is 0 Å². The second kappa shape index (κ2) is 11.0. The van der Waals surface area contributed by atoms with Crippen LogP contribution in [0, 0.1) is 0 Å². The summed E-state index contributed by atoms with van der Waals surface area (Å²) in [6, 6.07) is 9.61. The molecule has 1 aliphatic heterocycles. The van der Waals surface area contributed by atoms with Gasteiger partial charge in [0.05, 0.1) is 31.4 Å². The number of hydrogen-bond donors (Lipinski definition) is 0. The molecule has 3 aromatic heterocycles. The van der Waals surface area contributed by atoms with E-state index in [1.165, 1.54) is 15.6 Å². The van der Waals surface area contributed by atoms with E-state index in [0.717, 1.165) is 32.0 Å². The summed E-state index contributed by atoms with van der Waals surface area (Å²) in [5.41, 5.74) is 0.651. The number of ketones is 1. The normalized spacial score (nSPS) is 14.4. The van der Waals surface area contributed by atoms with Gasteiger partial charge in [0.15, 0.2) is 11.5 Å². The van der Waals surface area contributed by atoms with Crippen LogP contribution in [0.2, 0.25) is 5.02 Å². The van der Waals surface area contributed by atoms with E-state index in [0.29, 0.717) is 34.4 Å². The summed E-state index contributed by atoms with van der Waals surface area (Å²) < 4.78 is 7.75. The third kappa shape index (κ3) is 5.10. The summed E-state index contributed by atoms with van der Waals surface area (Å²) in [7, 11) is 1.59. The highest BCUT2D eigenvalue weighted by Crippen LogP contribution is 2.20. The quantitative estimate of drug-likeness (QED) is 0.315. The van der Waals surface area contributed by atoms with E-state index in [-0.39, 0.29) is 5.78 Å². The van der Waals surface area contributed by atoms with Crippen LogP contribution in [0.25, 0.3) is 5.69 Å². The molecule has 12 heteroatoms. The first-order valence-electron chi connectivity index (χ1n) is 12.3. The zero-order valence-electron chi connectivity index (χ0n) is 21.1. The van der Waals surface area contributed by atoms with Crippen LogP contribution in [0.3, 0.4) is 0 Å². The Hall–Kier alpha value is -4.25. The van der Waals surface area contributed by atoms with Crippen LogP contribution in [-0.2, 0) is 0 Å². The Bertz CT molecular complexity index is 1440. The van der Waals surface area contributed by atoms with Crippen LogP contribution in [0.5, 0.6) is 5.75 Å². The van der Waals surface area contributed by atoms with Gasteiger partial charge in [0, 0.05) is 36.8 Å². The first kappa shape index (κ1) is 25.4. The second-order valence-electron chi connectivity index (χ2n) is 8.79. The van der Waals surface area contributed by atoms with Crippen LogP contribution < -0.4 is 20.2 Å². The lowest BCUT2D eigenvalue weighted by atomic mass is 10.0. The maximum atomic E-state index is 13.2. The average molecular weight is 535 g/mol. The fraction of sp³-hybridized carbons (Fsp3) is 0.308. The van der Waals surface area contributed by atoms with Crippen molar-refractivity contribution >= 4 is 29.2 Å². The Morgan fingerprint density at radius 1 is 0.974 bits per heavy atom. The van der Waals surface area contributed by atoms with Crippen molar-refractivity contribution in [2.75, 3.05) is 43.1 Å². The minimum atomic E-state index is -0.719. The summed E-state index contributed by atoms with van der Waals surface area (Å²) >= 11 is 5.94. The number of rotatable bonds is 8. The molecule has 0 spiro atoms. The largest absolute Gasteiger partial charge is 0.494 e. The molecule has 1 saturated heterocycles. The average Bonchev–Trinajstić information content (AvgIpc) is 3.34. The van der Waals surface area contributed by atoms with Crippen molar-refractivity contribution < 1.29 is 9.53 Å². The van der Waals surface area contributed by atoms with Crippen LogP contribution in [0.1, 0.15) is 29.7 Å². The van der Waals surface area contributed by atoms with Crippen LogP contribution in [0.15, 0.2) is 66.1 Å². The highest BCUT2D eigenvalue weighted by molar-refractivity contribution is 6.30. The molecule has 0 saturated carbocycles. The number of anilines is 2. The molecule has 5 rings (SSSR count). The predicted molar refractivity (Wildman–Crippen MR) is 144 cm³/mol. The van der Waals surface area contributed by atoms with Gasteiger partial charge in [0.25, 0.3) is 0 Å². The van der Waals surface area contributed by atoms with Crippen molar-refractivity contribution in [3.05, 3.63) is 82.4 Å². The number of Topliss-reactive ketones (excluding diaryl/α,β-unsaturated/α-hetero) is 1. The highest BCUT2D eigenvalue weighted by atomic mass is 35.5. The van der Waals surface area contributed by atoms with Gasteiger partial charge in [-0.1, -0.05) is 18.5 Å². The standard InChI is InChI=1S/C26H27ClN8O3/c1-3-22(24(36)18-4-6-19(27)7-5-18)35-26(37)34(17-31-35)20-8-9-23(28-14-20)32-10-12-33(13-11-32)25-29-15-21(38-2)16-30-25/h4-9,14-17,22H,3,10-13H2,1-2H3. The van der Waals surface area contributed by atoms with Crippen LogP contribution in [0.4, 0.5) is 11.8 Å². The third-order valence-electron chi connectivity index (χ3n) is 6.55. The zero-order valence-corrected chi connectivity index (χ0v) is 21.8. The number of piperazine rings is 1. The van der Waals surface area contributed by atoms with E-state index < -0.39 is 11.7 Å². The molecule has 0 radical (unpaired) electrons. The molecule has 1 fully saturated rings. The second-order valence-corrected chi connectivity index (χ2v) is 9.23. The SMILES string of the molecule is CCC(C(=O)c1ccc(Cl)cc1)n1ncn(-c2ccc(N3CCN(c4ncc(OC)cn4)CC3)nc2)c1=O. The van der Waals surface area contributed by atoms with Gasteiger partial charge in [-0.15, -0.1) is 0 Å². The molecule has 0 N–H and O–H groups in total. The number of aromatic nitrogens is 6. The zero-order chi connectivity index (χ0) is 26.6. The Morgan fingerprint density at radius 2 is 1.66 bits per heavy atom. The number of methoxy groups -OCH3 is 1.